The van der Waals surface area contributed by atoms with Gasteiger partial charge in [0.05, 0.1) is 7.11 Å². The summed E-state index contributed by atoms with van der Waals surface area (Å²) in [4.78, 5) is 27.9. The Morgan fingerprint density at radius 3 is 2.52 bits per heavy atom. The molecule has 0 saturated carbocycles. The third kappa shape index (κ3) is 3.63. The van der Waals surface area contributed by atoms with Gasteiger partial charge in [0.1, 0.15) is 11.8 Å². The molecular weight excluding hydrogens is 320 g/mol. The van der Waals surface area contributed by atoms with Gasteiger partial charge in [0.25, 0.3) is 5.91 Å². The van der Waals surface area contributed by atoms with E-state index in [2.05, 4.69) is 11.9 Å². The fourth-order valence-corrected chi connectivity index (χ4v) is 3.93. The van der Waals surface area contributed by atoms with E-state index in [4.69, 9.17) is 4.74 Å². The Hall–Kier alpha value is -2.08. The van der Waals surface area contributed by atoms with E-state index in [0.717, 1.165) is 43.7 Å². The van der Waals surface area contributed by atoms with Crippen LogP contribution in [0.4, 0.5) is 0 Å². The lowest BCUT2D eigenvalue weighted by Gasteiger charge is -2.30. The number of carboxylic acid groups (broad SMARTS) is 1. The van der Waals surface area contributed by atoms with Crippen LogP contribution in [-0.2, 0) is 4.79 Å². The second kappa shape index (κ2) is 7.44. The number of benzene rings is 1. The SMILES string of the molecule is COc1cc(C(=O)N2CCCC2C(=O)O)ccc1C1CCN(C)CC1. The fraction of sp³-hybridized carbons (Fsp3) is 0.579. The van der Waals surface area contributed by atoms with E-state index in [1.54, 1.807) is 13.2 Å². The van der Waals surface area contributed by atoms with Crippen molar-refractivity contribution >= 4 is 11.9 Å². The Kier molecular flexibility index (Phi) is 5.27. The number of piperidine rings is 1. The van der Waals surface area contributed by atoms with Crippen LogP contribution in [0.15, 0.2) is 18.2 Å². The van der Waals surface area contributed by atoms with Gasteiger partial charge in [-0.1, -0.05) is 6.07 Å². The van der Waals surface area contributed by atoms with Crippen LogP contribution in [0, 0.1) is 0 Å². The number of likely N-dealkylation sites (tertiary alicyclic amines) is 2. The van der Waals surface area contributed by atoms with E-state index in [-0.39, 0.29) is 5.91 Å². The highest BCUT2D eigenvalue weighted by Gasteiger charge is 2.34. The summed E-state index contributed by atoms with van der Waals surface area (Å²) in [5.74, 6) is 0.0132. The molecule has 3 rings (SSSR count). The minimum atomic E-state index is -0.930. The number of methoxy groups -OCH3 is 1. The molecule has 2 aliphatic heterocycles. The van der Waals surface area contributed by atoms with Gasteiger partial charge < -0.3 is 19.6 Å². The highest BCUT2D eigenvalue weighted by Crippen LogP contribution is 2.35. The van der Waals surface area contributed by atoms with Gasteiger partial charge in [-0.25, -0.2) is 4.79 Å². The highest BCUT2D eigenvalue weighted by molar-refractivity contribution is 5.97. The molecule has 0 aromatic heterocycles. The Bertz CT molecular complexity index is 653. The van der Waals surface area contributed by atoms with Gasteiger partial charge >= 0.3 is 5.97 Å². The first-order chi connectivity index (χ1) is 12.0. The lowest BCUT2D eigenvalue weighted by atomic mass is 9.88. The number of ether oxygens (including phenoxy) is 1. The van der Waals surface area contributed by atoms with Crippen molar-refractivity contribution in [2.75, 3.05) is 33.8 Å². The molecule has 1 unspecified atom stereocenters. The van der Waals surface area contributed by atoms with Crippen molar-refractivity contribution in [2.24, 2.45) is 0 Å². The maximum atomic E-state index is 12.8. The lowest BCUT2D eigenvalue weighted by molar-refractivity contribution is -0.141. The molecule has 2 aliphatic rings. The predicted molar refractivity (Wildman–Crippen MR) is 94.2 cm³/mol. The molecule has 136 valence electrons. The molecule has 1 N–H and O–H groups in total. The van der Waals surface area contributed by atoms with Gasteiger partial charge in [0.15, 0.2) is 0 Å². The number of rotatable bonds is 4. The number of nitrogens with zero attached hydrogens (tertiary/aromatic N) is 2. The number of carboxylic acids is 1. The summed E-state index contributed by atoms with van der Waals surface area (Å²) in [6, 6.07) is 4.85. The van der Waals surface area contributed by atoms with Crippen LogP contribution in [-0.4, -0.2) is 66.6 Å². The van der Waals surface area contributed by atoms with E-state index >= 15 is 0 Å². The van der Waals surface area contributed by atoms with Crippen molar-refractivity contribution in [1.82, 2.24) is 9.80 Å². The predicted octanol–water partition coefficient (Wildman–Crippen LogP) is 2.19. The minimum Gasteiger partial charge on any atom is -0.496 e. The fourth-order valence-electron chi connectivity index (χ4n) is 3.93. The van der Waals surface area contributed by atoms with E-state index in [1.807, 2.05) is 12.1 Å². The largest absolute Gasteiger partial charge is 0.496 e. The quantitative estimate of drug-likeness (QED) is 0.905. The maximum Gasteiger partial charge on any atom is 0.326 e. The van der Waals surface area contributed by atoms with Crippen LogP contribution in [0.25, 0.3) is 0 Å². The first-order valence-corrected chi connectivity index (χ1v) is 8.91. The number of amides is 1. The maximum absolute atomic E-state index is 12.8. The van der Waals surface area contributed by atoms with Crippen molar-refractivity contribution in [3.63, 3.8) is 0 Å². The summed E-state index contributed by atoms with van der Waals surface area (Å²) in [6.45, 7) is 2.61. The molecule has 2 heterocycles. The first-order valence-electron chi connectivity index (χ1n) is 8.91. The molecule has 25 heavy (non-hydrogen) atoms. The average molecular weight is 346 g/mol. The van der Waals surface area contributed by atoms with Crippen molar-refractivity contribution in [2.45, 2.75) is 37.6 Å². The van der Waals surface area contributed by atoms with E-state index < -0.39 is 12.0 Å². The highest BCUT2D eigenvalue weighted by atomic mass is 16.5. The van der Waals surface area contributed by atoms with Crippen LogP contribution in [0.2, 0.25) is 0 Å². The van der Waals surface area contributed by atoms with Crippen LogP contribution >= 0.6 is 0 Å². The lowest BCUT2D eigenvalue weighted by Crippen LogP contribution is -2.40. The molecule has 0 radical (unpaired) electrons. The second-order valence-corrected chi connectivity index (χ2v) is 7.03. The summed E-state index contributed by atoms with van der Waals surface area (Å²) in [6.07, 6.45) is 3.40. The molecule has 0 bridgehead atoms. The zero-order valence-electron chi connectivity index (χ0n) is 14.9. The molecule has 1 aromatic rings. The smallest absolute Gasteiger partial charge is 0.326 e. The van der Waals surface area contributed by atoms with Crippen LogP contribution < -0.4 is 4.74 Å². The molecule has 1 atom stereocenters. The Labute approximate surface area is 148 Å². The van der Waals surface area contributed by atoms with Crippen LogP contribution in [0.3, 0.4) is 0 Å². The normalized spacial score (nSPS) is 22.2. The number of hydrogen-bond donors (Lipinski definition) is 1. The van der Waals surface area contributed by atoms with E-state index in [0.29, 0.717) is 24.4 Å². The van der Waals surface area contributed by atoms with Crippen molar-refractivity contribution in [3.8, 4) is 5.75 Å². The van der Waals surface area contributed by atoms with Crippen molar-refractivity contribution < 1.29 is 19.4 Å². The molecular formula is C19H26N2O4. The summed E-state index contributed by atoms with van der Waals surface area (Å²) in [5, 5.41) is 9.29. The standard InChI is InChI=1S/C19H26N2O4/c1-20-10-7-13(8-11-20)15-6-5-14(12-17(15)25-2)18(22)21-9-3-4-16(21)19(23)24/h5-6,12-13,16H,3-4,7-11H2,1-2H3,(H,23,24). The molecule has 1 amide bonds. The third-order valence-electron chi connectivity index (χ3n) is 5.44. The summed E-state index contributed by atoms with van der Waals surface area (Å²) in [7, 11) is 3.75. The molecule has 2 saturated heterocycles. The van der Waals surface area contributed by atoms with Crippen LogP contribution in [0.1, 0.15) is 47.5 Å². The zero-order chi connectivity index (χ0) is 18.0. The van der Waals surface area contributed by atoms with Gasteiger partial charge in [-0.15, -0.1) is 0 Å². The molecule has 6 nitrogen and oxygen atoms in total. The topological polar surface area (TPSA) is 70.1 Å². The summed E-state index contributed by atoms with van der Waals surface area (Å²) < 4.78 is 5.55. The van der Waals surface area contributed by atoms with E-state index in [1.165, 1.54) is 4.90 Å². The number of aliphatic carboxylic acids is 1. The summed E-state index contributed by atoms with van der Waals surface area (Å²) >= 11 is 0. The number of carbonyl (C=O) groups is 2. The Morgan fingerprint density at radius 1 is 1.16 bits per heavy atom. The number of carbonyl (C=O) groups excluding carboxylic acids is 1. The van der Waals surface area contributed by atoms with Gasteiger partial charge in [0, 0.05) is 12.1 Å². The van der Waals surface area contributed by atoms with Crippen molar-refractivity contribution in [3.05, 3.63) is 29.3 Å². The molecule has 0 aliphatic carbocycles. The van der Waals surface area contributed by atoms with Gasteiger partial charge in [-0.3, -0.25) is 4.79 Å². The number of hydrogen-bond acceptors (Lipinski definition) is 4. The second-order valence-electron chi connectivity index (χ2n) is 7.03. The van der Waals surface area contributed by atoms with E-state index in [9.17, 15) is 14.7 Å². The Balaban J connectivity index is 1.81. The van der Waals surface area contributed by atoms with Gasteiger partial charge in [-0.05, 0) is 69.4 Å². The summed E-state index contributed by atoms with van der Waals surface area (Å²) in [5.41, 5.74) is 1.64. The first kappa shape index (κ1) is 17.7. The molecule has 6 heteroatoms. The van der Waals surface area contributed by atoms with Crippen LogP contribution in [0.5, 0.6) is 5.75 Å². The van der Waals surface area contributed by atoms with Gasteiger partial charge in [-0.2, -0.15) is 0 Å². The zero-order valence-corrected chi connectivity index (χ0v) is 14.9. The Morgan fingerprint density at radius 2 is 1.88 bits per heavy atom. The molecule has 1 aromatic carbocycles. The average Bonchev–Trinajstić information content (AvgIpc) is 3.11. The monoisotopic (exact) mass is 346 g/mol. The minimum absolute atomic E-state index is 0.224. The third-order valence-corrected chi connectivity index (χ3v) is 5.44. The molecule has 2 fully saturated rings. The van der Waals surface area contributed by atoms with Gasteiger partial charge in [0.2, 0.25) is 0 Å². The molecule has 0 spiro atoms. The van der Waals surface area contributed by atoms with Crippen molar-refractivity contribution in [1.29, 1.82) is 0 Å².